The van der Waals surface area contributed by atoms with Crippen LogP contribution in [0.4, 0.5) is 0 Å². The molecule has 0 fully saturated rings. The molecular weight excluding hydrogens is 138 g/mol. The highest BCUT2D eigenvalue weighted by atomic mass is 16.3. The van der Waals surface area contributed by atoms with E-state index < -0.39 is 6.10 Å². The Hall–Kier alpha value is -0.0800. The van der Waals surface area contributed by atoms with Crippen LogP contribution in [0.1, 0.15) is 27.7 Å². The minimum Gasteiger partial charge on any atom is -0.392 e. The van der Waals surface area contributed by atoms with Crippen molar-refractivity contribution in [2.75, 3.05) is 6.54 Å². The molecular formula is C9H20NO. The van der Waals surface area contributed by atoms with Crippen molar-refractivity contribution in [3.8, 4) is 0 Å². The molecule has 0 bridgehead atoms. The van der Waals surface area contributed by atoms with Crippen molar-refractivity contribution in [1.29, 1.82) is 0 Å². The predicted molar refractivity (Wildman–Crippen MR) is 48.3 cm³/mol. The highest BCUT2D eigenvalue weighted by Gasteiger charge is 2.14. The van der Waals surface area contributed by atoms with Gasteiger partial charge in [0.1, 0.15) is 0 Å². The van der Waals surface area contributed by atoms with Crippen LogP contribution in [0.5, 0.6) is 0 Å². The second-order valence-electron chi connectivity index (χ2n) is 3.54. The molecule has 0 aliphatic heterocycles. The van der Waals surface area contributed by atoms with Crippen LogP contribution in [0.15, 0.2) is 0 Å². The molecule has 0 aliphatic rings. The molecule has 0 spiro atoms. The van der Waals surface area contributed by atoms with E-state index in [2.05, 4.69) is 39.5 Å². The van der Waals surface area contributed by atoms with Crippen molar-refractivity contribution in [2.45, 2.75) is 45.9 Å². The van der Waals surface area contributed by atoms with Crippen LogP contribution in [0.25, 0.3) is 0 Å². The van der Waals surface area contributed by atoms with E-state index in [1.54, 1.807) is 0 Å². The minimum atomic E-state index is -0.472. The Morgan fingerprint density at radius 1 is 1.18 bits per heavy atom. The van der Waals surface area contributed by atoms with Gasteiger partial charge in [0.2, 0.25) is 0 Å². The van der Waals surface area contributed by atoms with Crippen LogP contribution in [0, 0.1) is 6.92 Å². The summed E-state index contributed by atoms with van der Waals surface area (Å²) < 4.78 is 0. The van der Waals surface area contributed by atoms with Gasteiger partial charge in [-0.25, -0.2) is 0 Å². The van der Waals surface area contributed by atoms with Gasteiger partial charge < -0.3 is 5.11 Å². The fourth-order valence-corrected chi connectivity index (χ4v) is 1.26. The van der Waals surface area contributed by atoms with Crippen molar-refractivity contribution >= 4 is 0 Å². The molecule has 0 aromatic carbocycles. The molecule has 0 aliphatic carbocycles. The summed E-state index contributed by atoms with van der Waals surface area (Å²) in [6.07, 6.45) is -0.472. The minimum absolute atomic E-state index is 0.472. The Morgan fingerprint density at radius 3 is 1.64 bits per heavy atom. The third-order valence-corrected chi connectivity index (χ3v) is 1.75. The lowest BCUT2D eigenvalue weighted by atomic mass is 10.2. The largest absolute Gasteiger partial charge is 0.392 e. The highest BCUT2D eigenvalue weighted by molar-refractivity contribution is 4.72. The topological polar surface area (TPSA) is 23.5 Å². The summed E-state index contributed by atoms with van der Waals surface area (Å²) in [6, 6.07) is 0.956. The summed E-state index contributed by atoms with van der Waals surface area (Å²) in [5, 5.41) is 9.07. The van der Waals surface area contributed by atoms with E-state index in [0.717, 1.165) is 0 Å². The fraction of sp³-hybridized carbons (Fsp3) is 0.889. The monoisotopic (exact) mass is 158 g/mol. The van der Waals surface area contributed by atoms with Crippen LogP contribution >= 0.6 is 0 Å². The van der Waals surface area contributed by atoms with E-state index in [0.29, 0.717) is 18.6 Å². The summed E-state index contributed by atoms with van der Waals surface area (Å²) in [7, 11) is 0. The third kappa shape index (κ3) is 4.38. The molecule has 1 radical (unpaired) electrons. The second-order valence-corrected chi connectivity index (χ2v) is 3.54. The zero-order chi connectivity index (χ0) is 9.02. The molecule has 11 heavy (non-hydrogen) atoms. The predicted octanol–water partition coefficient (Wildman–Crippen LogP) is 1.30. The first kappa shape index (κ1) is 10.9. The van der Waals surface area contributed by atoms with E-state index in [1.165, 1.54) is 0 Å². The highest BCUT2D eigenvalue weighted by Crippen LogP contribution is 2.05. The SMILES string of the molecule is [CH2][C@H](O)CN(C(C)C)C(C)C. The number of aliphatic hydroxyl groups excluding tert-OH is 1. The number of nitrogens with zero attached hydrogens (tertiary/aromatic N) is 1. The molecule has 0 saturated heterocycles. The third-order valence-electron chi connectivity index (χ3n) is 1.75. The lowest BCUT2D eigenvalue weighted by molar-refractivity contribution is 0.0992. The average Bonchev–Trinajstić information content (AvgIpc) is 1.81. The van der Waals surface area contributed by atoms with Gasteiger partial charge in [-0.15, -0.1) is 0 Å². The Bertz CT molecular complexity index is 91.7. The van der Waals surface area contributed by atoms with Crippen molar-refractivity contribution in [3.63, 3.8) is 0 Å². The molecule has 0 heterocycles. The maximum absolute atomic E-state index is 9.07. The molecule has 0 unspecified atom stereocenters. The van der Waals surface area contributed by atoms with Crippen LogP contribution in [-0.4, -0.2) is 34.7 Å². The number of hydrogen-bond acceptors (Lipinski definition) is 2. The molecule has 67 valence electrons. The summed E-state index contributed by atoms with van der Waals surface area (Å²) >= 11 is 0. The smallest absolute Gasteiger partial charge is 0.0668 e. The van der Waals surface area contributed by atoms with Crippen molar-refractivity contribution in [1.82, 2.24) is 4.90 Å². The second kappa shape index (κ2) is 4.73. The quantitative estimate of drug-likeness (QED) is 0.666. The van der Waals surface area contributed by atoms with Crippen molar-refractivity contribution in [2.24, 2.45) is 0 Å². The molecule has 0 rings (SSSR count). The number of aliphatic hydroxyl groups is 1. The Kier molecular flexibility index (Phi) is 4.69. The van der Waals surface area contributed by atoms with Crippen LogP contribution in [0.2, 0.25) is 0 Å². The van der Waals surface area contributed by atoms with Crippen molar-refractivity contribution < 1.29 is 5.11 Å². The van der Waals surface area contributed by atoms with Crippen LogP contribution in [-0.2, 0) is 0 Å². The molecule has 2 heteroatoms. The molecule has 1 N–H and O–H groups in total. The van der Waals surface area contributed by atoms with Gasteiger partial charge in [0.15, 0.2) is 0 Å². The summed E-state index contributed by atoms with van der Waals surface area (Å²) in [6.45, 7) is 12.7. The fourth-order valence-electron chi connectivity index (χ4n) is 1.26. The molecule has 0 aromatic rings. The Labute approximate surface area is 70.2 Å². The van der Waals surface area contributed by atoms with Crippen molar-refractivity contribution in [3.05, 3.63) is 6.92 Å². The first-order chi connectivity index (χ1) is 4.95. The standard InChI is InChI=1S/C9H20NO/c1-7(2)10(8(3)4)6-9(5)11/h7-9,11H,5-6H2,1-4H3/t9-/m0/s1. The number of rotatable bonds is 4. The lowest BCUT2D eigenvalue weighted by Gasteiger charge is -2.31. The van der Waals surface area contributed by atoms with E-state index in [4.69, 9.17) is 5.11 Å². The maximum Gasteiger partial charge on any atom is 0.0668 e. The van der Waals surface area contributed by atoms with E-state index in [1.807, 2.05) is 0 Å². The summed E-state index contributed by atoms with van der Waals surface area (Å²) in [5.74, 6) is 0. The first-order valence-electron chi connectivity index (χ1n) is 4.22. The van der Waals surface area contributed by atoms with E-state index in [9.17, 15) is 0 Å². The van der Waals surface area contributed by atoms with Gasteiger partial charge in [0.05, 0.1) is 6.10 Å². The van der Waals surface area contributed by atoms with Gasteiger partial charge in [-0.2, -0.15) is 0 Å². The average molecular weight is 158 g/mol. The molecule has 1 atom stereocenters. The Morgan fingerprint density at radius 2 is 1.55 bits per heavy atom. The zero-order valence-electron chi connectivity index (χ0n) is 8.04. The molecule has 0 amide bonds. The van der Waals surface area contributed by atoms with Gasteiger partial charge in [0.25, 0.3) is 0 Å². The van der Waals surface area contributed by atoms with Crippen LogP contribution in [0.3, 0.4) is 0 Å². The van der Waals surface area contributed by atoms with Gasteiger partial charge in [-0.1, -0.05) is 0 Å². The van der Waals surface area contributed by atoms with Gasteiger partial charge in [0, 0.05) is 18.6 Å². The normalized spacial score (nSPS) is 15.0. The summed E-state index contributed by atoms with van der Waals surface area (Å²) in [5.41, 5.74) is 0. The van der Waals surface area contributed by atoms with Gasteiger partial charge in [-0.05, 0) is 34.6 Å². The molecule has 0 aromatic heterocycles. The molecule has 0 saturated carbocycles. The summed E-state index contributed by atoms with van der Waals surface area (Å²) in [4.78, 5) is 2.22. The Balaban J connectivity index is 3.90. The van der Waals surface area contributed by atoms with Gasteiger partial charge in [-0.3, -0.25) is 4.90 Å². The zero-order valence-corrected chi connectivity index (χ0v) is 8.04. The van der Waals surface area contributed by atoms with Gasteiger partial charge >= 0.3 is 0 Å². The number of hydrogen-bond donors (Lipinski definition) is 1. The van der Waals surface area contributed by atoms with E-state index in [-0.39, 0.29) is 0 Å². The van der Waals surface area contributed by atoms with E-state index >= 15 is 0 Å². The first-order valence-corrected chi connectivity index (χ1v) is 4.22. The van der Waals surface area contributed by atoms with Crippen LogP contribution < -0.4 is 0 Å². The lowest BCUT2D eigenvalue weighted by Crippen LogP contribution is -2.41. The molecule has 2 nitrogen and oxygen atoms in total. The maximum atomic E-state index is 9.07.